The number of nitrogens with two attached hydrogens (primary N) is 1. The fraction of sp³-hybridized carbons (Fsp3) is 0.278. The van der Waals surface area contributed by atoms with E-state index in [0.717, 1.165) is 12.8 Å². The Bertz CT molecular complexity index is 612. The number of ether oxygens (including phenoxy) is 1. The molecular weight excluding hydrogens is 276 g/mol. The van der Waals surface area contributed by atoms with Crippen LogP contribution in [0.25, 0.3) is 0 Å². The number of hydrogen-bond acceptors (Lipinski definition) is 3. The molecule has 22 heavy (non-hydrogen) atoms. The number of carbonyl (C=O) groups is 1. The van der Waals surface area contributed by atoms with Gasteiger partial charge in [-0.05, 0) is 36.6 Å². The van der Waals surface area contributed by atoms with Crippen LogP contribution in [0, 0.1) is 0 Å². The van der Waals surface area contributed by atoms with Gasteiger partial charge in [-0.15, -0.1) is 0 Å². The molecule has 0 atom stereocenters. The van der Waals surface area contributed by atoms with Gasteiger partial charge in [0.1, 0.15) is 5.75 Å². The van der Waals surface area contributed by atoms with E-state index in [1.807, 2.05) is 37.3 Å². The molecule has 2 rings (SSSR count). The standard InChI is InChI=1S/C18H22N2O2/c1-2-12-22-17-9-8-15(13-16(17)19)18(21)20-11-10-14-6-4-3-5-7-14/h3-9,13H,2,10-12,19H2,1H3,(H,20,21). The SMILES string of the molecule is CCCOc1ccc(C(=O)NCCc2ccccc2)cc1N. The van der Waals surface area contributed by atoms with Crippen molar-refractivity contribution in [2.45, 2.75) is 19.8 Å². The van der Waals surface area contributed by atoms with Crippen LogP contribution in [0.15, 0.2) is 48.5 Å². The van der Waals surface area contributed by atoms with Gasteiger partial charge in [0.05, 0.1) is 12.3 Å². The van der Waals surface area contributed by atoms with Crippen molar-refractivity contribution < 1.29 is 9.53 Å². The van der Waals surface area contributed by atoms with E-state index in [1.165, 1.54) is 5.56 Å². The number of rotatable bonds is 7. The van der Waals surface area contributed by atoms with E-state index in [4.69, 9.17) is 10.5 Å². The van der Waals surface area contributed by atoms with Crippen LogP contribution in [0.2, 0.25) is 0 Å². The molecule has 116 valence electrons. The Morgan fingerprint density at radius 3 is 2.64 bits per heavy atom. The normalized spacial score (nSPS) is 10.2. The van der Waals surface area contributed by atoms with Gasteiger partial charge >= 0.3 is 0 Å². The molecule has 0 bridgehead atoms. The highest BCUT2D eigenvalue weighted by atomic mass is 16.5. The van der Waals surface area contributed by atoms with E-state index < -0.39 is 0 Å². The number of benzene rings is 2. The van der Waals surface area contributed by atoms with E-state index in [9.17, 15) is 4.79 Å². The second-order valence-electron chi connectivity index (χ2n) is 5.09. The molecule has 1 amide bonds. The fourth-order valence-corrected chi connectivity index (χ4v) is 2.10. The maximum Gasteiger partial charge on any atom is 0.251 e. The zero-order valence-electron chi connectivity index (χ0n) is 12.8. The Morgan fingerprint density at radius 2 is 1.95 bits per heavy atom. The highest BCUT2D eigenvalue weighted by Crippen LogP contribution is 2.22. The summed E-state index contributed by atoms with van der Waals surface area (Å²) in [5, 5.41) is 2.90. The Morgan fingerprint density at radius 1 is 1.18 bits per heavy atom. The minimum atomic E-state index is -0.121. The summed E-state index contributed by atoms with van der Waals surface area (Å²) in [6.07, 6.45) is 1.72. The molecule has 0 aromatic heterocycles. The van der Waals surface area contributed by atoms with E-state index >= 15 is 0 Å². The van der Waals surface area contributed by atoms with Crippen molar-refractivity contribution in [3.8, 4) is 5.75 Å². The average molecular weight is 298 g/mol. The number of carbonyl (C=O) groups excluding carboxylic acids is 1. The molecular formula is C18H22N2O2. The molecule has 4 nitrogen and oxygen atoms in total. The van der Waals surface area contributed by atoms with Gasteiger partial charge in [0.25, 0.3) is 5.91 Å². The topological polar surface area (TPSA) is 64.3 Å². The fourth-order valence-electron chi connectivity index (χ4n) is 2.10. The van der Waals surface area contributed by atoms with Crippen molar-refractivity contribution in [3.05, 3.63) is 59.7 Å². The summed E-state index contributed by atoms with van der Waals surface area (Å²) < 4.78 is 5.50. The summed E-state index contributed by atoms with van der Waals surface area (Å²) in [5.74, 6) is 0.507. The third-order valence-electron chi connectivity index (χ3n) is 3.28. The molecule has 0 saturated carbocycles. The van der Waals surface area contributed by atoms with Crippen LogP contribution in [0.4, 0.5) is 5.69 Å². The van der Waals surface area contributed by atoms with Crippen molar-refractivity contribution in [3.63, 3.8) is 0 Å². The van der Waals surface area contributed by atoms with E-state index in [2.05, 4.69) is 5.32 Å². The van der Waals surface area contributed by atoms with E-state index in [1.54, 1.807) is 18.2 Å². The van der Waals surface area contributed by atoms with Crippen LogP contribution in [0.3, 0.4) is 0 Å². The van der Waals surface area contributed by atoms with Crippen molar-refractivity contribution >= 4 is 11.6 Å². The molecule has 3 N–H and O–H groups in total. The largest absolute Gasteiger partial charge is 0.491 e. The zero-order valence-corrected chi connectivity index (χ0v) is 12.8. The number of hydrogen-bond donors (Lipinski definition) is 2. The summed E-state index contributed by atoms with van der Waals surface area (Å²) in [7, 11) is 0. The minimum absolute atomic E-state index is 0.121. The first-order chi connectivity index (χ1) is 10.7. The molecule has 2 aromatic carbocycles. The maximum absolute atomic E-state index is 12.1. The van der Waals surface area contributed by atoms with Crippen LogP contribution in [-0.4, -0.2) is 19.1 Å². The van der Waals surface area contributed by atoms with Crippen LogP contribution in [-0.2, 0) is 6.42 Å². The summed E-state index contributed by atoms with van der Waals surface area (Å²) in [6, 6.07) is 15.2. The number of nitrogens with one attached hydrogen (secondary N) is 1. The van der Waals surface area contributed by atoms with Crippen LogP contribution < -0.4 is 15.8 Å². The predicted molar refractivity (Wildman–Crippen MR) is 89.1 cm³/mol. The first-order valence-electron chi connectivity index (χ1n) is 7.55. The van der Waals surface area contributed by atoms with Gasteiger partial charge in [-0.1, -0.05) is 37.3 Å². The predicted octanol–water partition coefficient (Wildman–Crippen LogP) is 3.03. The third kappa shape index (κ3) is 4.52. The Balaban J connectivity index is 1.88. The lowest BCUT2D eigenvalue weighted by Gasteiger charge is -2.10. The van der Waals surface area contributed by atoms with Gasteiger partial charge in [0, 0.05) is 12.1 Å². The van der Waals surface area contributed by atoms with Crippen LogP contribution >= 0.6 is 0 Å². The average Bonchev–Trinajstić information content (AvgIpc) is 2.54. The number of nitrogen functional groups attached to an aromatic ring is 1. The second kappa shape index (κ2) is 8.08. The quantitative estimate of drug-likeness (QED) is 0.772. The molecule has 2 aromatic rings. The summed E-state index contributed by atoms with van der Waals surface area (Å²) in [4.78, 5) is 12.1. The van der Waals surface area contributed by atoms with Crippen molar-refractivity contribution in [2.24, 2.45) is 0 Å². The molecule has 0 aliphatic carbocycles. The van der Waals surface area contributed by atoms with Crippen LogP contribution in [0.1, 0.15) is 29.3 Å². The number of amides is 1. The summed E-state index contributed by atoms with van der Waals surface area (Å²) in [5.41, 5.74) is 8.15. The van der Waals surface area contributed by atoms with Gasteiger partial charge in [0.15, 0.2) is 0 Å². The molecule has 0 heterocycles. The Labute approximate surface area is 131 Å². The molecule has 0 radical (unpaired) electrons. The van der Waals surface area contributed by atoms with Gasteiger partial charge < -0.3 is 15.8 Å². The molecule has 0 aliphatic heterocycles. The smallest absolute Gasteiger partial charge is 0.251 e. The van der Waals surface area contributed by atoms with Gasteiger partial charge in [-0.3, -0.25) is 4.79 Å². The van der Waals surface area contributed by atoms with Crippen LogP contribution in [0.5, 0.6) is 5.75 Å². The van der Waals surface area contributed by atoms with Gasteiger partial charge in [-0.2, -0.15) is 0 Å². The van der Waals surface area contributed by atoms with Gasteiger partial charge in [-0.25, -0.2) is 0 Å². The Hall–Kier alpha value is -2.49. The lowest BCUT2D eigenvalue weighted by Crippen LogP contribution is -2.25. The first-order valence-corrected chi connectivity index (χ1v) is 7.55. The molecule has 0 spiro atoms. The highest BCUT2D eigenvalue weighted by molar-refractivity contribution is 5.95. The number of anilines is 1. The second-order valence-corrected chi connectivity index (χ2v) is 5.09. The molecule has 0 fully saturated rings. The molecule has 0 aliphatic rings. The van der Waals surface area contributed by atoms with E-state index in [0.29, 0.717) is 30.2 Å². The van der Waals surface area contributed by atoms with Crippen molar-refractivity contribution in [1.82, 2.24) is 5.32 Å². The molecule has 0 unspecified atom stereocenters. The summed E-state index contributed by atoms with van der Waals surface area (Å²) in [6.45, 7) is 3.24. The van der Waals surface area contributed by atoms with Crippen molar-refractivity contribution in [2.75, 3.05) is 18.9 Å². The lowest BCUT2D eigenvalue weighted by atomic mass is 10.1. The minimum Gasteiger partial charge on any atom is -0.491 e. The monoisotopic (exact) mass is 298 g/mol. The first kappa shape index (κ1) is 15.9. The summed E-state index contributed by atoms with van der Waals surface area (Å²) >= 11 is 0. The zero-order chi connectivity index (χ0) is 15.8. The highest BCUT2D eigenvalue weighted by Gasteiger charge is 2.08. The lowest BCUT2D eigenvalue weighted by molar-refractivity contribution is 0.0954. The molecule has 4 heteroatoms. The molecule has 0 saturated heterocycles. The third-order valence-corrected chi connectivity index (χ3v) is 3.28. The Kier molecular flexibility index (Phi) is 5.83. The van der Waals surface area contributed by atoms with Gasteiger partial charge in [0.2, 0.25) is 0 Å². The maximum atomic E-state index is 12.1. The van der Waals surface area contributed by atoms with Crippen molar-refractivity contribution in [1.29, 1.82) is 0 Å². The van der Waals surface area contributed by atoms with E-state index in [-0.39, 0.29) is 5.91 Å².